The Labute approximate surface area is 174 Å². The van der Waals surface area contributed by atoms with Crippen molar-refractivity contribution in [1.29, 1.82) is 0 Å². The van der Waals surface area contributed by atoms with E-state index in [9.17, 15) is 19.5 Å². The number of anilines is 2. The van der Waals surface area contributed by atoms with Crippen molar-refractivity contribution in [2.75, 3.05) is 17.7 Å². The number of pyridine rings is 1. The monoisotopic (exact) mass is 409 g/mol. The zero-order valence-electron chi connectivity index (χ0n) is 16.6. The number of allylic oxidation sites excluding steroid dienone is 1. The molecule has 1 heterocycles. The predicted octanol–water partition coefficient (Wildman–Crippen LogP) is 4.19. The van der Waals surface area contributed by atoms with Gasteiger partial charge >= 0.3 is 12.1 Å². The molecule has 1 aromatic heterocycles. The molecular formula is C22H23N3O5. The second-order valence-corrected chi connectivity index (χ2v) is 6.31. The number of hydrogen-bond acceptors (Lipinski definition) is 5. The highest BCUT2D eigenvalue weighted by atomic mass is 16.5. The van der Waals surface area contributed by atoms with Crippen LogP contribution in [0.5, 0.6) is 0 Å². The van der Waals surface area contributed by atoms with Crippen LogP contribution in [0, 0.1) is 0 Å². The predicted molar refractivity (Wildman–Crippen MR) is 114 cm³/mol. The first-order valence-electron chi connectivity index (χ1n) is 9.09. The summed E-state index contributed by atoms with van der Waals surface area (Å²) in [5.74, 6) is -2.03. The van der Waals surface area contributed by atoms with Crippen LogP contribution in [-0.2, 0) is 14.3 Å². The molecule has 8 nitrogen and oxygen atoms in total. The number of methoxy groups -OCH3 is 1. The Morgan fingerprint density at radius 1 is 1.17 bits per heavy atom. The van der Waals surface area contributed by atoms with Crippen molar-refractivity contribution in [2.24, 2.45) is 0 Å². The minimum atomic E-state index is -0.968. The van der Waals surface area contributed by atoms with Gasteiger partial charge in [0.05, 0.1) is 24.4 Å². The standard InChI is InChI=1S/C22H23N3O5/c1-4-6-16(21(27)28)14-10-11-23-18(12-14)17-9-8-15(24-22(29)30-3)13-19(17)25-20(26)7-5-2/h4-5,8-13,16H,1-2,6-7H2,3H3,(H,24,29)(H,25,26)(H,27,28). The normalized spacial score (nSPS) is 11.1. The summed E-state index contributed by atoms with van der Waals surface area (Å²) in [4.78, 5) is 39.6. The van der Waals surface area contributed by atoms with Gasteiger partial charge in [0.2, 0.25) is 5.91 Å². The van der Waals surface area contributed by atoms with Crippen LogP contribution in [0.1, 0.15) is 24.3 Å². The first-order valence-corrected chi connectivity index (χ1v) is 9.09. The molecule has 3 N–H and O–H groups in total. The van der Waals surface area contributed by atoms with Gasteiger partial charge in [0.25, 0.3) is 0 Å². The number of nitrogens with one attached hydrogen (secondary N) is 2. The third-order valence-corrected chi connectivity index (χ3v) is 4.22. The highest BCUT2D eigenvalue weighted by molar-refractivity contribution is 5.97. The maximum atomic E-state index is 12.1. The number of carbonyl (C=O) groups is 3. The van der Waals surface area contributed by atoms with Gasteiger partial charge in [0.1, 0.15) is 0 Å². The lowest BCUT2D eigenvalue weighted by Crippen LogP contribution is -2.14. The van der Waals surface area contributed by atoms with Crippen molar-refractivity contribution in [3.8, 4) is 11.3 Å². The number of carboxylic acids is 1. The van der Waals surface area contributed by atoms with E-state index in [1.54, 1.807) is 36.4 Å². The molecule has 2 amide bonds. The summed E-state index contributed by atoms with van der Waals surface area (Å²) in [6.07, 6.45) is 4.25. The Balaban J connectivity index is 2.50. The smallest absolute Gasteiger partial charge is 0.411 e. The molecule has 0 aliphatic carbocycles. The zero-order chi connectivity index (χ0) is 22.1. The lowest BCUT2D eigenvalue weighted by Gasteiger charge is -2.15. The number of rotatable bonds is 9. The van der Waals surface area contributed by atoms with Gasteiger partial charge in [-0.25, -0.2) is 4.79 Å². The number of hydrogen-bond donors (Lipinski definition) is 3. The molecule has 0 aliphatic rings. The van der Waals surface area contributed by atoms with Gasteiger partial charge in [0, 0.05) is 23.9 Å². The minimum absolute atomic E-state index is 0.0992. The molecule has 8 heteroatoms. The summed E-state index contributed by atoms with van der Waals surface area (Å²) in [6, 6.07) is 8.16. The summed E-state index contributed by atoms with van der Waals surface area (Å²) >= 11 is 0. The van der Waals surface area contributed by atoms with Crippen LogP contribution < -0.4 is 10.6 Å². The van der Waals surface area contributed by atoms with Crippen molar-refractivity contribution >= 4 is 29.3 Å². The van der Waals surface area contributed by atoms with E-state index in [4.69, 9.17) is 0 Å². The number of aliphatic carboxylic acids is 1. The van der Waals surface area contributed by atoms with Gasteiger partial charge in [-0.05, 0) is 42.3 Å². The molecule has 0 saturated carbocycles. The molecule has 1 aromatic carbocycles. The van der Waals surface area contributed by atoms with Crippen LogP contribution in [-0.4, -0.2) is 35.2 Å². The van der Waals surface area contributed by atoms with Gasteiger partial charge in [-0.15, -0.1) is 13.2 Å². The van der Waals surface area contributed by atoms with Crippen LogP contribution in [0.3, 0.4) is 0 Å². The third kappa shape index (κ3) is 5.78. The number of aromatic nitrogens is 1. The average molecular weight is 409 g/mol. The number of carboxylic acid groups (broad SMARTS) is 1. The van der Waals surface area contributed by atoms with Gasteiger partial charge in [-0.1, -0.05) is 12.2 Å². The summed E-state index contributed by atoms with van der Waals surface area (Å²) in [5.41, 5.74) is 2.41. The fraction of sp³-hybridized carbons (Fsp3) is 0.182. The number of nitrogens with zero attached hydrogens (tertiary/aromatic N) is 1. The average Bonchev–Trinajstić information content (AvgIpc) is 2.72. The van der Waals surface area contributed by atoms with Crippen LogP contribution in [0.15, 0.2) is 61.8 Å². The Morgan fingerprint density at radius 3 is 2.57 bits per heavy atom. The Morgan fingerprint density at radius 2 is 1.93 bits per heavy atom. The molecule has 0 spiro atoms. The van der Waals surface area contributed by atoms with E-state index in [0.29, 0.717) is 28.2 Å². The van der Waals surface area contributed by atoms with E-state index in [0.717, 1.165) is 0 Å². The minimum Gasteiger partial charge on any atom is -0.481 e. The molecule has 30 heavy (non-hydrogen) atoms. The zero-order valence-corrected chi connectivity index (χ0v) is 16.6. The summed E-state index contributed by atoms with van der Waals surface area (Å²) in [7, 11) is 1.24. The second kappa shape index (κ2) is 10.6. The van der Waals surface area contributed by atoms with Gasteiger partial charge in [0.15, 0.2) is 0 Å². The lowest BCUT2D eigenvalue weighted by molar-refractivity contribution is -0.138. The van der Waals surface area contributed by atoms with Crippen LogP contribution in [0.25, 0.3) is 11.3 Å². The second-order valence-electron chi connectivity index (χ2n) is 6.31. The van der Waals surface area contributed by atoms with Gasteiger partial charge < -0.3 is 15.2 Å². The first kappa shape index (κ1) is 22.4. The summed E-state index contributed by atoms with van der Waals surface area (Å²) in [6.45, 7) is 7.16. The van der Waals surface area contributed by atoms with Crippen molar-refractivity contribution in [2.45, 2.75) is 18.8 Å². The Hall–Kier alpha value is -3.94. The maximum Gasteiger partial charge on any atom is 0.411 e. The van der Waals surface area contributed by atoms with Crippen molar-refractivity contribution in [3.05, 3.63) is 67.4 Å². The van der Waals surface area contributed by atoms with Crippen LogP contribution in [0.4, 0.5) is 16.2 Å². The van der Waals surface area contributed by atoms with Crippen LogP contribution >= 0.6 is 0 Å². The highest BCUT2D eigenvalue weighted by Crippen LogP contribution is 2.32. The molecule has 1 atom stereocenters. The molecule has 2 aromatic rings. The van der Waals surface area contributed by atoms with E-state index in [2.05, 4.69) is 33.5 Å². The van der Waals surface area contributed by atoms with Gasteiger partial charge in [-0.2, -0.15) is 0 Å². The molecule has 0 bridgehead atoms. The van der Waals surface area contributed by atoms with Crippen molar-refractivity contribution in [1.82, 2.24) is 4.98 Å². The molecule has 0 radical (unpaired) electrons. The topological polar surface area (TPSA) is 118 Å². The summed E-state index contributed by atoms with van der Waals surface area (Å²) in [5, 5.41) is 14.8. The summed E-state index contributed by atoms with van der Waals surface area (Å²) < 4.78 is 4.59. The Kier molecular flexibility index (Phi) is 7.87. The maximum absolute atomic E-state index is 12.1. The van der Waals surface area contributed by atoms with E-state index >= 15 is 0 Å². The molecule has 0 fully saturated rings. The lowest BCUT2D eigenvalue weighted by atomic mass is 9.95. The van der Waals surface area contributed by atoms with Crippen molar-refractivity contribution in [3.63, 3.8) is 0 Å². The molecule has 156 valence electrons. The largest absolute Gasteiger partial charge is 0.481 e. The van der Waals surface area contributed by atoms with Crippen molar-refractivity contribution < 1.29 is 24.2 Å². The van der Waals surface area contributed by atoms with E-state index in [-0.39, 0.29) is 18.7 Å². The fourth-order valence-electron chi connectivity index (χ4n) is 2.81. The van der Waals surface area contributed by atoms with E-state index in [1.165, 1.54) is 19.4 Å². The van der Waals surface area contributed by atoms with E-state index in [1.807, 2.05) is 0 Å². The highest BCUT2D eigenvalue weighted by Gasteiger charge is 2.20. The fourth-order valence-corrected chi connectivity index (χ4v) is 2.81. The molecular weight excluding hydrogens is 386 g/mol. The molecule has 0 aliphatic heterocycles. The number of amides is 2. The van der Waals surface area contributed by atoms with Gasteiger partial charge in [-0.3, -0.25) is 19.9 Å². The van der Waals surface area contributed by atoms with Crippen LogP contribution in [0.2, 0.25) is 0 Å². The molecule has 1 unspecified atom stereocenters. The van der Waals surface area contributed by atoms with E-state index < -0.39 is 18.0 Å². The number of ether oxygens (including phenoxy) is 1. The third-order valence-electron chi connectivity index (χ3n) is 4.22. The molecule has 2 rings (SSSR count). The quantitative estimate of drug-likeness (QED) is 0.535. The SMILES string of the molecule is C=CCC(=O)Nc1cc(NC(=O)OC)ccc1-c1cc(C(CC=C)C(=O)O)ccn1. The number of benzene rings is 1. The molecule has 0 saturated heterocycles. The Bertz CT molecular complexity index is 971. The number of carbonyl (C=O) groups excluding carboxylic acids is 2. The first-order chi connectivity index (χ1) is 14.4.